The van der Waals surface area contributed by atoms with Gasteiger partial charge in [-0.15, -0.1) is 0 Å². The Morgan fingerprint density at radius 1 is 1.00 bits per heavy atom. The van der Waals surface area contributed by atoms with Crippen LogP contribution in [0, 0.1) is 13.8 Å². The van der Waals surface area contributed by atoms with Gasteiger partial charge in [-0.2, -0.15) is 0 Å². The van der Waals surface area contributed by atoms with Crippen molar-refractivity contribution < 1.29 is 19.1 Å². The van der Waals surface area contributed by atoms with E-state index in [0.717, 1.165) is 28.1 Å². The summed E-state index contributed by atoms with van der Waals surface area (Å²) >= 11 is 6.70. The maximum absolute atomic E-state index is 13.0. The third kappa shape index (κ3) is 5.78. The molecule has 0 aromatic heterocycles. The van der Waals surface area contributed by atoms with Crippen molar-refractivity contribution in [2.24, 2.45) is 0 Å². The lowest BCUT2D eigenvalue weighted by molar-refractivity contribution is -0.118. The first kappa shape index (κ1) is 25.5. The largest absolute Gasteiger partial charge is 0.490 e. The van der Waals surface area contributed by atoms with Crippen LogP contribution in [-0.4, -0.2) is 29.3 Å². The maximum Gasteiger partial charge on any atom is 0.270 e. The molecule has 8 heteroatoms. The van der Waals surface area contributed by atoms with Gasteiger partial charge in [-0.1, -0.05) is 66.4 Å². The quantitative estimate of drug-likeness (QED) is 0.286. The van der Waals surface area contributed by atoms with E-state index in [2.05, 4.69) is 5.32 Å². The van der Waals surface area contributed by atoms with Crippen molar-refractivity contribution in [3.8, 4) is 11.5 Å². The summed E-state index contributed by atoms with van der Waals surface area (Å²) in [6.07, 6.45) is 1.78. The topological polar surface area (TPSA) is 67.9 Å². The van der Waals surface area contributed by atoms with E-state index in [-0.39, 0.29) is 18.4 Å². The summed E-state index contributed by atoms with van der Waals surface area (Å²) in [5.74, 6) is 0.508. The number of rotatable bonds is 8. The lowest BCUT2D eigenvalue weighted by atomic mass is 10.1. The summed E-state index contributed by atoms with van der Waals surface area (Å²) in [5, 5.41) is 2.92. The molecular weight excluding hydrogens is 492 g/mol. The highest BCUT2D eigenvalue weighted by Gasteiger charge is 2.33. The van der Waals surface area contributed by atoms with Gasteiger partial charge in [0.2, 0.25) is 0 Å². The monoisotopic (exact) mass is 518 g/mol. The average Bonchev–Trinajstić information content (AvgIpc) is 3.14. The van der Waals surface area contributed by atoms with Crippen LogP contribution < -0.4 is 19.7 Å². The smallest absolute Gasteiger partial charge is 0.270 e. The van der Waals surface area contributed by atoms with E-state index in [1.54, 1.807) is 18.2 Å². The molecule has 0 atom stereocenters. The number of amides is 2. The minimum absolute atomic E-state index is 0.164. The average molecular weight is 519 g/mol. The lowest BCUT2D eigenvalue weighted by Crippen LogP contribution is -2.27. The summed E-state index contributed by atoms with van der Waals surface area (Å²) < 4.78 is 12.0. The summed E-state index contributed by atoms with van der Waals surface area (Å²) in [6.45, 7) is 6.02. The van der Waals surface area contributed by atoms with Gasteiger partial charge in [-0.25, -0.2) is 0 Å². The molecule has 1 fully saturated rings. The minimum atomic E-state index is -0.261. The zero-order chi connectivity index (χ0) is 25.7. The number of hydrogen-bond donors (Lipinski definition) is 1. The predicted molar refractivity (Wildman–Crippen MR) is 150 cm³/mol. The number of hydrogen-bond acceptors (Lipinski definition) is 6. The summed E-state index contributed by atoms with van der Waals surface area (Å²) in [6, 6.07) is 20.5. The van der Waals surface area contributed by atoms with Gasteiger partial charge in [0.05, 0.1) is 17.2 Å². The van der Waals surface area contributed by atoms with Crippen molar-refractivity contribution in [1.82, 2.24) is 0 Å². The third-order valence-electron chi connectivity index (χ3n) is 5.48. The predicted octanol–water partition coefficient (Wildman–Crippen LogP) is 6.13. The second-order valence-electron chi connectivity index (χ2n) is 8.10. The number of nitrogens with one attached hydrogen (secondary N) is 1. The first-order valence-electron chi connectivity index (χ1n) is 11.5. The molecule has 1 heterocycles. The van der Waals surface area contributed by atoms with Gasteiger partial charge in [-0.3, -0.25) is 14.5 Å². The summed E-state index contributed by atoms with van der Waals surface area (Å²) in [5.41, 5.74) is 4.26. The molecule has 184 valence electrons. The van der Waals surface area contributed by atoms with Crippen molar-refractivity contribution in [2.75, 3.05) is 23.4 Å². The van der Waals surface area contributed by atoms with Crippen molar-refractivity contribution in [2.45, 2.75) is 20.8 Å². The Morgan fingerprint density at radius 2 is 1.72 bits per heavy atom. The van der Waals surface area contributed by atoms with Gasteiger partial charge in [0.1, 0.15) is 0 Å². The van der Waals surface area contributed by atoms with Crippen LogP contribution in [0.15, 0.2) is 71.6 Å². The second-order valence-corrected chi connectivity index (χ2v) is 9.77. The van der Waals surface area contributed by atoms with E-state index in [9.17, 15) is 9.59 Å². The van der Waals surface area contributed by atoms with Crippen LogP contribution >= 0.6 is 24.0 Å². The Hall–Kier alpha value is -3.62. The maximum atomic E-state index is 13.0. The zero-order valence-electron chi connectivity index (χ0n) is 20.2. The number of ether oxygens (including phenoxy) is 2. The van der Waals surface area contributed by atoms with E-state index in [4.69, 9.17) is 21.7 Å². The molecule has 1 aliphatic heterocycles. The molecule has 0 spiro atoms. The van der Waals surface area contributed by atoms with Gasteiger partial charge in [0.25, 0.3) is 11.8 Å². The number of carbonyl (C=O) groups is 2. The van der Waals surface area contributed by atoms with Crippen LogP contribution in [-0.2, 0) is 9.59 Å². The molecule has 1 saturated heterocycles. The van der Waals surface area contributed by atoms with Crippen LogP contribution in [0.1, 0.15) is 23.6 Å². The number of aryl methyl sites for hydroxylation is 2. The fraction of sp³-hybridized carbons (Fsp3) is 0.179. The number of nitrogens with zero attached hydrogens (tertiary/aromatic N) is 1. The number of benzene rings is 3. The van der Waals surface area contributed by atoms with Gasteiger partial charge in [0, 0.05) is 5.69 Å². The zero-order valence-corrected chi connectivity index (χ0v) is 21.9. The second kappa shape index (κ2) is 11.4. The van der Waals surface area contributed by atoms with Gasteiger partial charge in [0.15, 0.2) is 22.4 Å². The molecule has 36 heavy (non-hydrogen) atoms. The first-order valence-corrected chi connectivity index (χ1v) is 12.7. The molecule has 6 nitrogen and oxygen atoms in total. The molecular formula is C28H26N2O4S2. The van der Waals surface area contributed by atoms with E-state index in [0.29, 0.717) is 27.3 Å². The van der Waals surface area contributed by atoms with Gasteiger partial charge >= 0.3 is 0 Å². The number of carbonyl (C=O) groups excluding carboxylic acids is 2. The molecule has 3 aromatic carbocycles. The summed E-state index contributed by atoms with van der Waals surface area (Å²) in [4.78, 5) is 27.6. The van der Waals surface area contributed by atoms with E-state index < -0.39 is 0 Å². The van der Waals surface area contributed by atoms with Crippen LogP contribution in [0.25, 0.3) is 6.08 Å². The van der Waals surface area contributed by atoms with Crippen LogP contribution in [0.2, 0.25) is 0 Å². The minimum Gasteiger partial charge on any atom is -0.490 e. The van der Waals surface area contributed by atoms with Crippen molar-refractivity contribution in [3.05, 3.63) is 88.3 Å². The molecule has 0 aliphatic carbocycles. The molecule has 4 rings (SSSR count). The fourth-order valence-corrected chi connectivity index (χ4v) is 5.05. The SMILES string of the molecule is CCOc1cc(C=C2SC(=S)N(c3ccccc3)C2=O)ccc1OCC(=O)Nc1c(C)cccc1C. The first-order chi connectivity index (χ1) is 17.4. The summed E-state index contributed by atoms with van der Waals surface area (Å²) in [7, 11) is 0. The Bertz CT molecular complexity index is 1320. The number of anilines is 2. The molecule has 3 aromatic rings. The van der Waals surface area contributed by atoms with Crippen LogP contribution in [0.4, 0.5) is 11.4 Å². The normalized spacial score (nSPS) is 14.3. The van der Waals surface area contributed by atoms with Gasteiger partial charge < -0.3 is 14.8 Å². The lowest BCUT2D eigenvalue weighted by Gasteiger charge is -2.14. The Morgan fingerprint density at radius 3 is 2.42 bits per heavy atom. The highest BCUT2D eigenvalue weighted by Crippen LogP contribution is 2.37. The molecule has 0 unspecified atom stereocenters. The molecule has 2 amide bonds. The van der Waals surface area contributed by atoms with Crippen molar-refractivity contribution >= 4 is 57.6 Å². The highest BCUT2D eigenvalue weighted by atomic mass is 32.2. The van der Waals surface area contributed by atoms with E-state index in [1.807, 2.05) is 75.4 Å². The van der Waals surface area contributed by atoms with E-state index in [1.165, 1.54) is 16.7 Å². The number of para-hydroxylation sites is 2. The van der Waals surface area contributed by atoms with Crippen LogP contribution in [0.5, 0.6) is 11.5 Å². The number of thioether (sulfide) groups is 1. The van der Waals surface area contributed by atoms with E-state index >= 15 is 0 Å². The highest BCUT2D eigenvalue weighted by molar-refractivity contribution is 8.27. The molecule has 1 N–H and O–H groups in total. The Kier molecular flexibility index (Phi) is 8.07. The Labute approximate surface area is 220 Å². The Balaban J connectivity index is 1.48. The number of thiocarbonyl (C=S) groups is 1. The fourth-order valence-electron chi connectivity index (χ4n) is 3.75. The van der Waals surface area contributed by atoms with Crippen molar-refractivity contribution in [3.63, 3.8) is 0 Å². The van der Waals surface area contributed by atoms with Crippen molar-refractivity contribution in [1.29, 1.82) is 0 Å². The van der Waals surface area contributed by atoms with Crippen LogP contribution in [0.3, 0.4) is 0 Å². The molecule has 0 radical (unpaired) electrons. The standard InChI is InChI=1S/C28H26N2O4S2/c1-4-33-23-15-20(16-24-27(32)30(28(35)36-24)21-11-6-5-7-12-21)13-14-22(23)34-17-25(31)29-26-18(2)9-8-10-19(26)3/h5-16H,4,17H2,1-3H3,(H,29,31). The molecule has 1 aliphatic rings. The molecule has 0 saturated carbocycles. The third-order valence-corrected chi connectivity index (χ3v) is 6.78. The molecule has 0 bridgehead atoms. The van der Waals surface area contributed by atoms with Gasteiger partial charge in [-0.05, 0) is 67.8 Å².